The van der Waals surface area contributed by atoms with Gasteiger partial charge in [-0.3, -0.25) is 4.79 Å². The fourth-order valence-electron chi connectivity index (χ4n) is 2.12. The SMILES string of the molecule is COC1CCCC(OCC(NC(C)=O)C(=O)O)C1. The van der Waals surface area contributed by atoms with E-state index in [1.807, 2.05) is 0 Å². The average molecular weight is 259 g/mol. The van der Waals surface area contributed by atoms with Crippen LogP contribution in [0.3, 0.4) is 0 Å². The zero-order chi connectivity index (χ0) is 13.5. The predicted octanol–water partition coefficient (Wildman–Crippen LogP) is 0.550. The van der Waals surface area contributed by atoms with Crippen LogP contribution in [0.1, 0.15) is 32.6 Å². The Bertz CT molecular complexity index is 294. The summed E-state index contributed by atoms with van der Waals surface area (Å²) in [7, 11) is 1.67. The number of carbonyl (C=O) groups excluding carboxylic acids is 1. The van der Waals surface area contributed by atoms with Crippen molar-refractivity contribution in [1.82, 2.24) is 5.32 Å². The molecule has 1 aliphatic carbocycles. The first-order chi connectivity index (χ1) is 8.52. The number of carbonyl (C=O) groups is 2. The monoisotopic (exact) mass is 259 g/mol. The summed E-state index contributed by atoms with van der Waals surface area (Å²) in [5.41, 5.74) is 0. The fourth-order valence-corrected chi connectivity index (χ4v) is 2.12. The number of hydrogen-bond acceptors (Lipinski definition) is 4. The van der Waals surface area contributed by atoms with Gasteiger partial charge in [0.1, 0.15) is 0 Å². The first-order valence-corrected chi connectivity index (χ1v) is 6.17. The predicted molar refractivity (Wildman–Crippen MR) is 64.2 cm³/mol. The van der Waals surface area contributed by atoms with Crippen molar-refractivity contribution in [2.75, 3.05) is 13.7 Å². The molecular formula is C12H21NO5. The number of methoxy groups -OCH3 is 1. The van der Waals surface area contributed by atoms with Gasteiger partial charge in [-0.2, -0.15) is 0 Å². The molecule has 0 radical (unpaired) electrons. The van der Waals surface area contributed by atoms with E-state index in [0.717, 1.165) is 25.7 Å². The molecule has 0 spiro atoms. The normalized spacial score (nSPS) is 25.4. The first-order valence-electron chi connectivity index (χ1n) is 6.17. The van der Waals surface area contributed by atoms with Crippen molar-refractivity contribution in [3.8, 4) is 0 Å². The second-order valence-corrected chi connectivity index (χ2v) is 4.57. The summed E-state index contributed by atoms with van der Waals surface area (Å²) >= 11 is 0. The highest BCUT2D eigenvalue weighted by atomic mass is 16.5. The molecule has 0 aliphatic heterocycles. The van der Waals surface area contributed by atoms with Crippen molar-refractivity contribution in [2.45, 2.75) is 50.9 Å². The molecule has 0 aromatic carbocycles. The van der Waals surface area contributed by atoms with Crippen LogP contribution in [0.5, 0.6) is 0 Å². The lowest BCUT2D eigenvalue weighted by Crippen LogP contribution is -2.44. The van der Waals surface area contributed by atoms with E-state index < -0.39 is 12.0 Å². The zero-order valence-corrected chi connectivity index (χ0v) is 10.8. The van der Waals surface area contributed by atoms with Crippen molar-refractivity contribution in [2.24, 2.45) is 0 Å². The average Bonchev–Trinajstić information content (AvgIpc) is 2.34. The summed E-state index contributed by atoms with van der Waals surface area (Å²) in [4.78, 5) is 21.8. The molecule has 1 fully saturated rings. The summed E-state index contributed by atoms with van der Waals surface area (Å²) in [6.45, 7) is 1.29. The van der Waals surface area contributed by atoms with E-state index in [4.69, 9.17) is 14.6 Å². The standard InChI is InChI=1S/C12H21NO5/c1-8(14)13-11(12(15)16)7-18-10-5-3-4-9(6-10)17-2/h9-11H,3-7H2,1-2H3,(H,13,14)(H,15,16). The molecule has 0 heterocycles. The van der Waals surface area contributed by atoms with E-state index in [9.17, 15) is 9.59 Å². The lowest BCUT2D eigenvalue weighted by molar-refractivity contribution is -0.144. The topological polar surface area (TPSA) is 84.9 Å². The van der Waals surface area contributed by atoms with Crippen LogP contribution < -0.4 is 5.32 Å². The summed E-state index contributed by atoms with van der Waals surface area (Å²) in [6, 6.07) is -0.981. The van der Waals surface area contributed by atoms with Gasteiger partial charge in [0, 0.05) is 14.0 Å². The molecule has 1 aliphatic rings. The van der Waals surface area contributed by atoms with Crippen LogP contribution in [0.4, 0.5) is 0 Å². The molecule has 0 aromatic rings. The summed E-state index contributed by atoms with van der Waals surface area (Å²) in [6.07, 6.45) is 3.92. The van der Waals surface area contributed by atoms with Crippen LogP contribution in [0, 0.1) is 0 Å². The van der Waals surface area contributed by atoms with Crippen molar-refractivity contribution in [3.63, 3.8) is 0 Å². The van der Waals surface area contributed by atoms with E-state index in [-0.39, 0.29) is 24.7 Å². The number of hydrogen-bond donors (Lipinski definition) is 2. The Labute approximate surface area is 107 Å². The van der Waals surface area contributed by atoms with Gasteiger partial charge in [0.15, 0.2) is 6.04 Å². The molecule has 18 heavy (non-hydrogen) atoms. The van der Waals surface area contributed by atoms with Crippen molar-refractivity contribution in [1.29, 1.82) is 0 Å². The van der Waals surface area contributed by atoms with Gasteiger partial charge in [-0.25, -0.2) is 4.79 Å². The van der Waals surface area contributed by atoms with Crippen LogP contribution in [0.2, 0.25) is 0 Å². The van der Waals surface area contributed by atoms with Crippen LogP contribution in [0.15, 0.2) is 0 Å². The third-order valence-electron chi connectivity index (χ3n) is 3.09. The molecule has 6 heteroatoms. The molecule has 3 atom stereocenters. The quantitative estimate of drug-likeness (QED) is 0.727. The maximum atomic E-state index is 10.9. The van der Waals surface area contributed by atoms with E-state index >= 15 is 0 Å². The molecule has 104 valence electrons. The summed E-state index contributed by atoms with van der Waals surface area (Å²) in [5.74, 6) is -1.45. The Morgan fingerprint density at radius 2 is 2.06 bits per heavy atom. The summed E-state index contributed by atoms with van der Waals surface area (Å²) < 4.78 is 10.8. The lowest BCUT2D eigenvalue weighted by atomic mass is 9.95. The number of nitrogens with one attached hydrogen (secondary N) is 1. The molecule has 1 rings (SSSR count). The highest BCUT2D eigenvalue weighted by Gasteiger charge is 2.25. The van der Waals surface area contributed by atoms with Gasteiger partial charge < -0.3 is 19.9 Å². The van der Waals surface area contributed by atoms with Gasteiger partial charge in [0.05, 0.1) is 18.8 Å². The van der Waals surface area contributed by atoms with E-state index in [0.29, 0.717) is 0 Å². The molecule has 1 amide bonds. The van der Waals surface area contributed by atoms with Gasteiger partial charge in [0.25, 0.3) is 0 Å². The van der Waals surface area contributed by atoms with E-state index in [2.05, 4.69) is 5.32 Å². The van der Waals surface area contributed by atoms with Crippen molar-refractivity contribution in [3.05, 3.63) is 0 Å². The van der Waals surface area contributed by atoms with Gasteiger partial charge >= 0.3 is 5.97 Å². The molecule has 1 saturated carbocycles. The van der Waals surface area contributed by atoms with E-state index in [1.54, 1.807) is 7.11 Å². The molecule has 0 saturated heterocycles. The number of ether oxygens (including phenoxy) is 2. The van der Waals surface area contributed by atoms with Crippen molar-refractivity contribution >= 4 is 11.9 Å². The first kappa shape index (κ1) is 14.9. The third-order valence-corrected chi connectivity index (χ3v) is 3.09. The minimum atomic E-state index is -1.08. The Morgan fingerprint density at radius 1 is 1.39 bits per heavy atom. The number of amides is 1. The molecule has 3 unspecified atom stereocenters. The van der Waals surface area contributed by atoms with Crippen LogP contribution in [0.25, 0.3) is 0 Å². The van der Waals surface area contributed by atoms with E-state index in [1.165, 1.54) is 6.92 Å². The number of carboxylic acid groups (broad SMARTS) is 1. The maximum absolute atomic E-state index is 10.9. The molecule has 0 aromatic heterocycles. The smallest absolute Gasteiger partial charge is 0.328 e. The highest BCUT2D eigenvalue weighted by molar-refractivity contribution is 5.82. The number of aliphatic carboxylic acids is 1. The maximum Gasteiger partial charge on any atom is 0.328 e. The molecular weight excluding hydrogens is 238 g/mol. The van der Waals surface area contributed by atoms with Gasteiger partial charge in [-0.05, 0) is 25.7 Å². The van der Waals surface area contributed by atoms with Gasteiger partial charge in [-0.15, -0.1) is 0 Å². The molecule has 2 N–H and O–H groups in total. The van der Waals surface area contributed by atoms with Gasteiger partial charge in [-0.1, -0.05) is 0 Å². The Kier molecular flexibility index (Phi) is 6.07. The Morgan fingerprint density at radius 3 is 2.61 bits per heavy atom. The minimum absolute atomic E-state index is 0.00395. The number of carboxylic acids is 1. The second kappa shape index (κ2) is 7.33. The lowest BCUT2D eigenvalue weighted by Gasteiger charge is -2.29. The molecule has 6 nitrogen and oxygen atoms in total. The van der Waals surface area contributed by atoms with Crippen LogP contribution >= 0.6 is 0 Å². The number of rotatable bonds is 6. The highest BCUT2D eigenvalue weighted by Crippen LogP contribution is 2.23. The van der Waals surface area contributed by atoms with Gasteiger partial charge in [0.2, 0.25) is 5.91 Å². The fraction of sp³-hybridized carbons (Fsp3) is 0.833. The Hall–Kier alpha value is -1.14. The van der Waals surface area contributed by atoms with Crippen LogP contribution in [-0.4, -0.2) is 48.9 Å². The minimum Gasteiger partial charge on any atom is -0.480 e. The Balaban J connectivity index is 2.37. The third kappa shape index (κ3) is 5.01. The molecule has 0 bridgehead atoms. The second-order valence-electron chi connectivity index (χ2n) is 4.57. The zero-order valence-electron chi connectivity index (χ0n) is 10.8. The van der Waals surface area contributed by atoms with Crippen LogP contribution in [-0.2, 0) is 19.1 Å². The largest absolute Gasteiger partial charge is 0.480 e. The summed E-state index contributed by atoms with van der Waals surface area (Å²) in [5, 5.41) is 11.3. The van der Waals surface area contributed by atoms with Crippen molar-refractivity contribution < 1.29 is 24.2 Å².